The van der Waals surface area contributed by atoms with Crippen molar-refractivity contribution in [3.8, 4) is 0 Å². The molecule has 0 atom stereocenters. The summed E-state index contributed by atoms with van der Waals surface area (Å²) in [7, 11) is -3.61. The Hall–Kier alpha value is -1.60. The van der Waals surface area contributed by atoms with Crippen LogP contribution in [0.1, 0.15) is 18.4 Å². The standard InChI is InChI=1S/C13H17N3O2S2/c1-3-8-16(12-7-5-4-6-11(12)14)20(17,18)13-9-15-10(2)19-13/h4-7,9H,3,8,14H2,1-2H3. The minimum absolute atomic E-state index is 0.242. The zero-order valence-corrected chi connectivity index (χ0v) is 13.0. The number of nitrogens with two attached hydrogens (primary N) is 1. The lowest BCUT2D eigenvalue weighted by molar-refractivity contribution is 0.592. The highest BCUT2D eigenvalue weighted by molar-refractivity contribution is 7.94. The first-order valence-electron chi connectivity index (χ1n) is 6.26. The van der Waals surface area contributed by atoms with Crippen molar-refractivity contribution in [2.75, 3.05) is 16.6 Å². The predicted octanol–water partition coefficient (Wildman–Crippen LogP) is 2.64. The second-order valence-electron chi connectivity index (χ2n) is 4.33. The molecular formula is C13H17N3O2S2. The van der Waals surface area contributed by atoms with E-state index in [1.165, 1.54) is 21.8 Å². The number of thiazole rings is 1. The third-order valence-corrected chi connectivity index (χ3v) is 5.94. The van der Waals surface area contributed by atoms with Gasteiger partial charge in [-0.1, -0.05) is 19.1 Å². The number of aromatic nitrogens is 1. The summed E-state index contributed by atoms with van der Waals surface area (Å²) in [6.07, 6.45) is 2.10. The molecule has 5 nitrogen and oxygen atoms in total. The molecule has 2 rings (SSSR count). The minimum Gasteiger partial charge on any atom is -0.397 e. The summed E-state index contributed by atoms with van der Waals surface area (Å²) in [4.78, 5) is 4.02. The van der Waals surface area contributed by atoms with E-state index in [1.807, 2.05) is 6.92 Å². The summed E-state index contributed by atoms with van der Waals surface area (Å²) in [6.45, 7) is 4.10. The Kier molecular flexibility index (Phi) is 4.29. The number of benzene rings is 1. The number of nitrogen functional groups attached to an aromatic ring is 1. The Bertz CT molecular complexity index is 695. The molecule has 0 saturated heterocycles. The van der Waals surface area contributed by atoms with Crippen molar-refractivity contribution in [3.05, 3.63) is 35.5 Å². The van der Waals surface area contributed by atoms with Crippen LogP contribution in [0, 0.1) is 6.92 Å². The van der Waals surface area contributed by atoms with Crippen LogP contribution in [-0.2, 0) is 10.0 Å². The number of aryl methyl sites for hydroxylation is 1. The molecule has 0 amide bonds. The van der Waals surface area contributed by atoms with Gasteiger partial charge in [-0.15, -0.1) is 11.3 Å². The lowest BCUT2D eigenvalue weighted by Gasteiger charge is -2.24. The second kappa shape index (κ2) is 5.80. The molecule has 0 bridgehead atoms. The zero-order chi connectivity index (χ0) is 14.8. The number of nitrogens with zero attached hydrogens (tertiary/aromatic N) is 2. The van der Waals surface area contributed by atoms with E-state index >= 15 is 0 Å². The smallest absolute Gasteiger partial charge is 0.275 e. The van der Waals surface area contributed by atoms with Gasteiger partial charge in [-0.05, 0) is 25.5 Å². The number of anilines is 2. The summed E-state index contributed by atoms with van der Waals surface area (Å²) in [6, 6.07) is 6.98. The van der Waals surface area contributed by atoms with E-state index in [-0.39, 0.29) is 4.21 Å². The summed E-state index contributed by atoms with van der Waals surface area (Å²) in [5, 5.41) is 0.723. The fourth-order valence-electron chi connectivity index (χ4n) is 1.86. The molecule has 20 heavy (non-hydrogen) atoms. The second-order valence-corrected chi connectivity index (χ2v) is 7.66. The van der Waals surface area contributed by atoms with Gasteiger partial charge in [0.05, 0.1) is 22.6 Å². The van der Waals surface area contributed by atoms with Gasteiger partial charge in [-0.2, -0.15) is 0 Å². The molecule has 0 radical (unpaired) electrons. The summed E-state index contributed by atoms with van der Waals surface area (Å²) in [5.41, 5.74) is 6.88. The molecule has 1 aromatic heterocycles. The lowest BCUT2D eigenvalue weighted by Crippen LogP contribution is -2.31. The molecule has 1 heterocycles. The van der Waals surface area contributed by atoms with Crippen LogP contribution in [0.5, 0.6) is 0 Å². The van der Waals surface area contributed by atoms with Crippen LogP contribution in [0.2, 0.25) is 0 Å². The molecule has 2 N–H and O–H groups in total. The van der Waals surface area contributed by atoms with Crippen LogP contribution in [0.15, 0.2) is 34.7 Å². The van der Waals surface area contributed by atoms with E-state index < -0.39 is 10.0 Å². The van der Waals surface area contributed by atoms with Gasteiger partial charge in [0, 0.05) is 6.54 Å². The molecule has 0 saturated carbocycles. The van der Waals surface area contributed by atoms with Crippen LogP contribution < -0.4 is 10.0 Å². The van der Waals surface area contributed by atoms with Gasteiger partial charge in [0.15, 0.2) is 4.21 Å². The van der Waals surface area contributed by atoms with Crippen molar-refractivity contribution >= 4 is 32.7 Å². The van der Waals surface area contributed by atoms with E-state index in [0.717, 1.165) is 5.01 Å². The molecule has 1 aromatic carbocycles. The third kappa shape index (κ3) is 2.78. The molecular weight excluding hydrogens is 294 g/mol. The van der Waals surface area contributed by atoms with Crippen LogP contribution in [0.4, 0.5) is 11.4 Å². The highest BCUT2D eigenvalue weighted by Crippen LogP contribution is 2.30. The van der Waals surface area contributed by atoms with E-state index in [0.29, 0.717) is 24.3 Å². The molecule has 2 aromatic rings. The highest BCUT2D eigenvalue weighted by atomic mass is 32.2. The van der Waals surface area contributed by atoms with Gasteiger partial charge in [-0.3, -0.25) is 4.31 Å². The average molecular weight is 311 g/mol. The van der Waals surface area contributed by atoms with E-state index in [2.05, 4.69) is 4.98 Å². The first kappa shape index (κ1) is 14.8. The van der Waals surface area contributed by atoms with Gasteiger partial charge in [0.25, 0.3) is 10.0 Å². The van der Waals surface area contributed by atoms with Crippen molar-refractivity contribution < 1.29 is 8.42 Å². The largest absolute Gasteiger partial charge is 0.397 e. The first-order chi connectivity index (χ1) is 9.46. The Labute approximate surface area is 123 Å². The molecule has 0 unspecified atom stereocenters. The molecule has 0 fully saturated rings. The zero-order valence-electron chi connectivity index (χ0n) is 11.4. The molecule has 108 valence electrons. The monoisotopic (exact) mass is 311 g/mol. The Morgan fingerprint density at radius 1 is 1.35 bits per heavy atom. The maximum absolute atomic E-state index is 12.7. The van der Waals surface area contributed by atoms with Crippen LogP contribution in [-0.4, -0.2) is 19.9 Å². The van der Waals surface area contributed by atoms with E-state index in [9.17, 15) is 8.42 Å². The number of rotatable bonds is 5. The Balaban J connectivity index is 2.51. The van der Waals surface area contributed by atoms with Gasteiger partial charge in [-0.25, -0.2) is 13.4 Å². The fraction of sp³-hybridized carbons (Fsp3) is 0.308. The third-order valence-electron chi connectivity index (χ3n) is 2.78. The maximum atomic E-state index is 12.7. The Morgan fingerprint density at radius 2 is 2.05 bits per heavy atom. The normalized spacial score (nSPS) is 11.5. The van der Waals surface area contributed by atoms with Crippen LogP contribution in [0.3, 0.4) is 0 Å². The molecule has 0 aliphatic heterocycles. The molecule has 0 aliphatic carbocycles. The van der Waals surface area contributed by atoms with Gasteiger partial charge in [0.2, 0.25) is 0 Å². The average Bonchev–Trinajstić information content (AvgIpc) is 2.84. The van der Waals surface area contributed by atoms with Crippen LogP contribution in [0.25, 0.3) is 0 Å². The maximum Gasteiger partial charge on any atom is 0.275 e. The topological polar surface area (TPSA) is 76.3 Å². The number of hydrogen-bond acceptors (Lipinski definition) is 5. The number of hydrogen-bond donors (Lipinski definition) is 1. The summed E-state index contributed by atoms with van der Waals surface area (Å²) >= 11 is 1.17. The van der Waals surface area contributed by atoms with Gasteiger partial charge in [0.1, 0.15) is 0 Å². The number of para-hydroxylation sites is 2. The quantitative estimate of drug-likeness (QED) is 0.861. The van der Waals surface area contributed by atoms with Crippen molar-refractivity contribution in [2.24, 2.45) is 0 Å². The number of sulfonamides is 1. The van der Waals surface area contributed by atoms with E-state index in [1.54, 1.807) is 31.2 Å². The predicted molar refractivity (Wildman–Crippen MR) is 82.5 cm³/mol. The van der Waals surface area contributed by atoms with Gasteiger partial charge < -0.3 is 5.73 Å². The fourth-order valence-corrected chi connectivity index (χ4v) is 4.66. The van der Waals surface area contributed by atoms with E-state index in [4.69, 9.17) is 5.73 Å². The van der Waals surface area contributed by atoms with Crippen molar-refractivity contribution in [1.82, 2.24) is 4.98 Å². The van der Waals surface area contributed by atoms with Crippen molar-refractivity contribution in [3.63, 3.8) is 0 Å². The highest BCUT2D eigenvalue weighted by Gasteiger charge is 2.27. The molecule has 0 aliphatic rings. The molecule has 0 spiro atoms. The molecule has 7 heteroatoms. The first-order valence-corrected chi connectivity index (χ1v) is 8.52. The van der Waals surface area contributed by atoms with Crippen molar-refractivity contribution in [2.45, 2.75) is 24.5 Å². The van der Waals surface area contributed by atoms with Crippen LogP contribution >= 0.6 is 11.3 Å². The summed E-state index contributed by atoms with van der Waals surface area (Å²) in [5.74, 6) is 0. The minimum atomic E-state index is -3.61. The SMILES string of the molecule is CCCN(c1ccccc1N)S(=O)(=O)c1cnc(C)s1. The lowest BCUT2D eigenvalue weighted by atomic mass is 10.2. The van der Waals surface area contributed by atoms with Crippen molar-refractivity contribution in [1.29, 1.82) is 0 Å². The Morgan fingerprint density at radius 3 is 2.60 bits per heavy atom. The van der Waals surface area contributed by atoms with Gasteiger partial charge >= 0.3 is 0 Å². The summed E-state index contributed by atoms with van der Waals surface area (Å²) < 4.78 is 27.1.